The van der Waals surface area contributed by atoms with Crippen LogP contribution in [0, 0.1) is 0 Å². The first-order valence-electron chi connectivity index (χ1n) is 7.02. The van der Waals surface area contributed by atoms with Crippen LogP contribution in [0.4, 0.5) is 5.69 Å². The second-order valence-corrected chi connectivity index (χ2v) is 5.16. The number of rotatable bonds is 3. The standard InChI is InChI=1S/C15H20N2O4/c1-21-10-6-7-12(16)11(9-10)14(18)17-8-4-2-3-5-13(17)15(19)20/h6-7,9,13H,2-5,8,16H2,1H3,(H,19,20). The zero-order valence-corrected chi connectivity index (χ0v) is 12.0. The van der Waals surface area contributed by atoms with Crippen molar-refractivity contribution in [3.05, 3.63) is 23.8 Å². The first-order chi connectivity index (χ1) is 10.0. The summed E-state index contributed by atoms with van der Waals surface area (Å²) in [5.41, 5.74) is 6.48. The van der Waals surface area contributed by atoms with Gasteiger partial charge in [-0.05, 0) is 31.0 Å². The van der Waals surface area contributed by atoms with Crippen LogP contribution in [0.3, 0.4) is 0 Å². The minimum Gasteiger partial charge on any atom is -0.497 e. The van der Waals surface area contributed by atoms with Gasteiger partial charge in [0.1, 0.15) is 11.8 Å². The van der Waals surface area contributed by atoms with Crippen LogP contribution in [0.5, 0.6) is 5.75 Å². The van der Waals surface area contributed by atoms with Gasteiger partial charge in [0.15, 0.2) is 0 Å². The maximum atomic E-state index is 12.7. The molecule has 0 aliphatic carbocycles. The molecule has 1 aliphatic heterocycles. The van der Waals surface area contributed by atoms with E-state index >= 15 is 0 Å². The first kappa shape index (κ1) is 15.2. The molecule has 6 heteroatoms. The van der Waals surface area contributed by atoms with Crippen molar-refractivity contribution in [1.29, 1.82) is 0 Å². The number of nitrogen functional groups attached to an aromatic ring is 1. The molecule has 1 aliphatic rings. The Morgan fingerprint density at radius 3 is 2.76 bits per heavy atom. The number of carbonyl (C=O) groups is 2. The summed E-state index contributed by atoms with van der Waals surface area (Å²) in [6.07, 6.45) is 3.03. The van der Waals surface area contributed by atoms with E-state index in [0.29, 0.717) is 30.0 Å². The van der Waals surface area contributed by atoms with E-state index in [4.69, 9.17) is 10.5 Å². The average molecular weight is 292 g/mol. The van der Waals surface area contributed by atoms with Crippen LogP contribution >= 0.6 is 0 Å². The van der Waals surface area contributed by atoms with Gasteiger partial charge in [-0.3, -0.25) is 4.79 Å². The third kappa shape index (κ3) is 3.26. The lowest BCUT2D eigenvalue weighted by atomic mass is 10.1. The van der Waals surface area contributed by atoms with Crippen molar-refractivity contribution in [2.24, 2.45) is 0 Å². The number of carbonyl (C=O) groups excluding carboxylic acids is 1. The van der Waals surface area contributed by atoms with Gasteiger partial charge in [0, 0.05) is 12.2 Å². The molecular formula is C15H20N2O4. The molecule has 0 spiro atoms. The zero-order chi connectivity index (χ0) is 15.4. The normalized spacial score (nSPS) is 18.9. The molecule has 1 aromatic rings. The van der Waals surface area contributed by atoms with Gasteiger partial charge in [0.25, 0.3) is 5.91 Å². The van der Waals surface area contributed by atoms with E-state index in [1.807, 2.05) is 0 Å². The summed E-state index contributed by atoms with van der Waals surface area (Å²) >= 11 is 0. The maximum absolute atomic E-state index is 12.7. The Morgan fingerprint density at radius 1 is 1.33 bits per heavy atom. The number of anilines is 1. The van der Waals surface area contributed by atoms with Crippen molar-refractivity contribution < 1.29 is 19.4 Å². The van der Waals surface area contributed by atoms with E-state index in [-0.39, 0.29) is 5.91 Å². The number of carboxylic acid groups (broad SMARTS) is 1. The number of nitrogens with two attached hydrogens (primary N) is 1. The molecule has 1 amide bonds. The predicted molar refractivity (Wildman–Crippen MR) is 78.3 cm³/mol. The van der Waals surface area contributed by atoms with E-state index in [0.717, 1.165) is 19.3 Å². The van der Waals surface area contributed by atoms with Crippen LogP contribution in [-0.4, -0.2) is 41.6 Å². The first-order valence-corrected chi connectivity index (χ1v) is 7.02. The summed E-state index contributed by atoms with van der Waals surface area (Å²) in [4.78, 5) is 25.5. The molecular weight excluding hydrogens is 272 g/mol. The number of carboxylic acids is 1. The highest BCUT2D eigenvalue weighted by molar-refractivity contribution is 6.01. The number of benzene rings is 1. The second kappa shape index (κ2) is 6.47. The molecule has 1 aromatic carbocycles. The van der Waals surface area contributed by atoms with Crippen molar-refractivity contribution in [3.63, 3.8) is 0 Å². The zero-order valence-electron chi connectivity index (χ0n) is 12.0. The van der Waals surface area contributed by atoms with E-state index in [2.05, 4.69) is 0 Å². The maximum Gasteiger partial charge on any atom is 0.326 e. The molecule has 1 unspecified atom stereocenters. The number of likely N-dealkylation sites (tertiary alicyclic amines) is 1. The van der Waals surface area contributed by atoms with Crippen LogP contribution in [0.2, 0.25) is 0 Å². The van der Waals surface area contributed by atoms with Gasteiger partial charge < -0.3 is 20.5 Å². The van der Waals surface area contributed by atoms with Gasteiger partial charge >= 0.3 is 5.97 Å². The number of ether oxygens (including phenoxy) is 1. The molecule has 0 radical (unpaired) electrons. The highest BCUT2D eigenvalue weighted by atomic mass is 16.5. The van der Waals surface area contributed by atoms with Crippen LogP contribution in [0.15, 0.2) is 18.2 Å². The summed E-state index contributed by atoms with van der Waals surface area (Å²) in [5, 5.41) is 9.35. The highest BCUT2D eigenvalue weighted by Crippen LogP contribution is 2.25. The molecule has 0 saturated carbocycles. The Labute approximate surface area is 123 Å². The van der Waals surface area contributed by atoms with Crippen molar-refractivity contribution in [2.75, 3.05) is 19.4 Å². The Morgan fingerprint density at radius 2 is 2.10 bits per heavy atom. The number of hydrogen-bond acceptors (Lipinski definition) is 4. The van der Waals surface area contributed by atoms with Gasteiger partial charge in [0.05, 0.1) is 12.7 Å². The SMILES string of the molecule is COc1ccc(N)c(C(=O)N2CCCCCC2C(=O)O)c1. The molecule has 114 valence electrons. The monoisotopic (exact) mass is 292 g/mol. The van der Waals surface area contributed by atoms with Gasteiger partial charge in [-0.2, -0.15) is 0 Å². The van der Waals surface area contributed by atoms with Crippen molar-refractivity contribution >= 4 is 17.6 Å². The predicted octanol–water partition coefficient (Wildman–Crippen LogP) is 1.75. The Hall–Kier alpha value is -2.24. The fraction of sp³-hybridized carbons (Fsp3) is 0.467. The Kier molecular flexibility index (Phi) is 4.67. The number of aliphatic carboxylic acids is 1. The van der Waals surface area contributed by atoms with Crippen LogP contribution in [0.1, 0.15) is 36.0 Å². The highest BCUT2D eigenvalue weighted by Gasteiger charge is 2.32. The topological polar surface area (TPSA) is 92.9 Å². The third-order valence-corrected chi connectivity index (χ3v) is 3.79. The van der Waals surface area contributed by atoms with Gasteiger partial charge in [0.2, 0.25) is 0 Å². The Bertz CT molecular complexity index is 544. The molecule has 1 atom stereocenters. The molecule has 21 heavy (non-hydrogen) atoms. The fourth-order valence-corrected chi connectivity index (χ4v) is 2.61. The van der Waals surface area contributed by atoms with Crippen molar-refractivity contribution in [1.82, 2.24) is 4.90 Å². The number of nitrogens with zero attached hydrogens (tertiary/aromatic N) is 1. The van der Waals surface area contributed by atoms with Gasteiger partial charge in [-0.1, -0.05) is 12.8 Å². The molecule has 2 rings (SSSR count). The second-order valence-electron chi connectivity index (χ2n) is 5.16. The minimum atomic E-state index is -0.966. The number of hydrogen-bond donors (Lipinski definition) is 2. The summed E-state index contributed by atoms with van der Waals surface area (Å²) in [6, 6.07) is 4.04. The molecule has 1 saturated heterocycles. The third-order valence-electron chi connectivity index (χ3n) is 3.79. The van der Waals surface area contributed by atoms with E-state index in [1.165, 1.54) is 12.0 Å². The molecule has 1 fully saturated rings. The van der Waals surface area contributed by atoms with Crippen LogP contribution < -0.4 is 10.5 Å². The van der Waals surface area contributed by atoms with Crippen LogP contribution in [-0.2, 0) is 4.79 Å². The smallest absolute Gasteiger partial charge is 0.326 e. The summed E-state index contributed by atoms with van der Waals surface area (Å²) in [5.74, 6) is -0.790. The van der Waals surface area contributed by atoms with Gasteiger partial charge in [-0.25, -0.2) is 4.79 Å². The van der Waals surface area contributed by atoms with Crippen molar-refractivity contribution in [3.8, 4) is 5.75 Å². The quantitative estimate of drug-likeness (QED) is 0.828. The molecule has 0 bridgehead atoms. The van der Waals surface area contributed by atoms with Crippen LogP contribution in [0.25, 0.3) is 0 Å². The van der Waals surface area contributed by atoms with Gasteiger partial charge in [-0.15, -0.1) is 0 Å². The number of methoxy groups -OCH3 is 1. The lowest BCUT2D eigenvalue weighted by Gasteiger charge is -2.27. The minimum absolute atomic E-state index is 0.294. The summed E-state index contributed by atoms with van der Waals surface area (Å²) < 4.78 is 5.10. The van der Waals surface area contributed by atoms with E-state index in [9.17, 15) is 14.7 Å². The van der Waals surface area contributed by atoms with Crippen molar-refractivity contribution in [2.45, 2.75) is 31.7 Å². The lowest BCUT2D eigenvalue weighted by Crippen LogP contribution is -2.44. The fourth-order valence-electron chi connectivity index (χ4n) is 2.61. The lowest BCUT2D eigenvalue weighted by molar-refractivity contribution is -0.142. The summed E-state index contributed by atoms with van der Waals surface area (Å²) in [6.45, 7) is 0.437. The number of amides is 1. The Balaban J connectivity index is 2.33. The average Bonchev–Trinajstić information content (AvgIpc) is 2.73. The molecule has 3 N–H and O–H groups in total. The molecule has 0 aromatic heterocycles. The molecule has 1 heterocycles. The van der Waals surface area contributed by atoms with E-state index < -0.39 is 12.0 Å². The molecule has 6 nitrogen and oxygen atoms in total. The largest absolute Gasteiger partial charge is 0.497 e. The summed E-state index contributed by atoms with van der Waals surface area (Å²) in [7, 11) is 1.51. The van der Waals surface area contributed by atoms with E-state index in [1.54, 1.807) is 18.2 Å².